The lowest BCUT2D eigenvalue weighted by atomic mass is 10.0. The van der Waals surface area contributed by atoms with Crippen molar-refractivity contribution in [1.29, 1.82) is 0 Å². The monoisotopic (exact) mass is 397 g/mol. The van der Waals surface area contributed by atoms with Crippen molar-refractivity contribution in [2.24, 2.45) is 5.92 Å². The van der Waals surface area contributed by atoms with E-state index in [1.165, 1.54) is 6.07 Å². The predicted molar refractivity (Wildman–Crippen MR) is 102 cm³/mol. The fourth-order valence-electron chi connectivity index (χ4n) is 3.26. The minimum atomic E-state index is -0.846. The summed E-state index contributed by atoms with van der Waals surface area (Å²) in [6.45, 7) is 7.69. The highest BCUT2D eigenvalue weighted by Gasteiger charge is 2.28. The number of ether oxygens (including phenoxy) is 1. The van der Waals surface area contributed by atoms with Crippen LogP contribution in [0.3, 0.4) is 0 Å². The van der Waals surface area contributed by atoms with Gasteiger partial charge in [-0.2, -0.15) is 0 Å². The van der Waals surface area contributed by atoms with Gasteiger partial charge in [0.1, 0.15) is 6.04 Å². The molecule has 2 amide bonds. The van der Waals surface area contributed by atoms with E-state index in [1.807, 2.05) is 13.8 Å². The van der Waals surface area contributed by atoms with Gasteiger partial charge in [0.15, 0.2) is 11.6 Å². The van der Waals surface area contributed by atoms with Crippen molar-refractivity contribution in [1.82, 2.24) is 15.5 Å². The number of nitrogens with zero attached hydrogens (tertiary/aromatic N) is 1. The first-order chi connectivity index (χ1) is 13.3. The van der Waals surface area contributed by atoms with Crippen LogP contribution in [-0.4, -0.2) is 48.7 Å². The van der Waals surface area contributed by atoms with E-state index in [1.54, 1.807) is 13.0 Å². The molecular weight excluding hydrogens is 368 g/mol. The molecule has 8 heteroatoms. The summed E-state index contributed by atoms with van der Waals surface area (Å²) in [5.41, 5.74) is 0.722. The number of hydrogen-bond acceptors (Lipinski definition) is 4. The number of likely N-dealkylation sites (tertiary alicyclic amines) is 1. The molecule has 0 aliphatic carbocycles. The molecule has 2 rings (SSSR count). The zero-order valence-corrected chi connectivity index (χ0v) is 16.6. The Kier molecular flexibility index (Phi) is 8.17. The van der Waals surface area contributed by atoms with Crippen LogP contribution in [0.15, 0.2) is 18.2 Å². The van der Waals surface area contributed by atoms with Crippen molar-refractivity contribution >= 4 is 12.0 Å². The molecule has 6 nitrogen and oxygen atoms in total. The van der Waals surface area contributed by atoms with Crippen LogP contribution in [0.4, 0.5) is 13.6 Å². The van der Waals surface area contributed by atoms with Gasteiger partial charge in [-0.15, -0.1) is 0 Å². The number of rotatable bonds is 7. The number of alkyl carbamates (subject to hydrolysis) is 1. The maximum absolute atomic E-state index is 13.3. The van der Waals surface area contributed by atoms with Gasteiger partial charge in [-0.25, -0.2) is 13.6 Å². The maximum atomic E-state index is 13.3. The number of nitrogens with one attached hydrogen (secondary N) is 2. The van der Waals surface area contributed by atoms with Gasteiger partial charge in [-0.1, -0.05) is 19.9 Å². The van der Waals surface area contributed by atoms with Crippen LogP contribution in [-0.2, 0) is 16.1 Å². The fraction of sp³-hybridized carbons (Fsp3) is 0.600. The van der Waals surface area contributed by atoms with Gasteiger partial charge in [-0.05, 0) is 43.4 Å². The average molecular weight is 397 g/mol. The number of carbonyl (C=O) groups excluding carboxylic acids is 2. The van der Waals surface area contributed by atoms with E-state index in [-0.39, 0.29) is 24.5 Å². The molecule has 1 fully saturated rings. The average Bonchev–Trinajstić information content (AvgIpc) is 2.64. The zero-order valence-electron chi connectivity index (χ0n) is 16.6. The van der Waals surface area contributed by atoms with Gasteiger partial charge >= 0.3 is 6.09 Å². The SMILES string of the molecule is CCOC(=O)NC(C(=O)NC1CCN(Cc2ccc(F)c(F)c2)CC1)C(C)C. The molecular formula is C20H29F2N3O3. The van der Waals surface area contributed by atoms with Gasteiger partial charge in [0, 0.05) is 25.7 Å². The summed E-state index contributed by atoms with van der Waals surface area (Å²) in [6.07, 6.45) is 0.900. The van der Waals surface area contributed by atoms with Crippen LogP contribution in [0.5, 0.6) is 0 Å². The third-order valence-corrected chi connectivity index (χ3v) is 4.82. The highest BCUT2D eigenvalue weighted by atomic mass is 19.2. The van der Waals surface area contributed by atoms with Crippen molar-refractivity contribution < 1.29 is 23.1 Å². The van der Waals surface area contributed by atoms with Crippen LogP contribution in [0.2, 0.25) is 0 Å². The molecule has 1 unspecified atom stereocenters. The van der Waals surface area contributed by atoms with Gasteiger partial charge in [0.05, 0.1) is 6.61 Å². The topological polar surface area (TPSA) is 70.7 Å². The first kappa shape index (κ1) is 22.1. The van der Waals surface area contributed by atoms with Crippen LogP contribution in [0, 0.1) is 17.6 Å². The largest absolute Gasteiger partial charge is 0.450 e. The number of amides is 2. The Morgan fingerprint density at radius 2 is 1.89 bits per heavy atom. The van der Waals surface area contributed by atoms with Gasteiger partial charge in [0.2, 0.25) is 5.91 Å². The molecule has 0 radical (unpaired) electrons. The minimum Gasteiger partial charge on any atom is -0.450 e. The molecule has 1 aliphatic rings. The Bertz CT molecular complexity index is 677. The van der Waals surface area contributed by atoms with Gasteiger partial charge in [0.25, 0.3) is 0 Å². The maximum Gasteiger partial charge on any atom is 0.407 e. The number of hydrogen-bond donors (Lipinski definition) is 2. The van der Waals surface area contributed by atoms with Crippen molar-refractivity contribution in [3.05, 3.63) is 35.4 Å². The molecule has 2 N–H and O–H groups in total. The second-order valence-corrected chi connectivity index (χ2v) is 7.39. The Morgan fingerprint density at radius 1 is 1.21 bits per heavy atom. The molecule has 1 saturated heterocycles. The second kappa shape index (κ2) is 10.4. The Labute approximate surface area is 164 Å². The van der Waals surface area contributed by atoms with Gasteiger partial charge in [-0.3, -0.25) is 9.69 Å². The molecule has 28 heavy (non-hydrogen) atoms. The Balaban J connectivity index is 1.82. The smallest absolute Gasteiger partial charge is 0.407 e. The van der Waals surface area contributed by atoms with Gasteiger partial charge < -0.3 is 15.4 Å². The number of piperidine rings is 1. The van der Waals surface area contributed by atoms with Crippen molar-refractivity contribution in [3.8, 4) is 0 Å². The summed E-state index contributed by atoms with van der Waals surface area (Å²) >= 11 is 0. The van der Waals surface area contributed by atoms with E-state index >= 15 is 0 Å². The molecule has 0 saturated carbocycles. The van der Waals surface area contributed by atoms with E-state index in [0.717, 1.165) is 37.6 Å². The predicted octanol–water partition coefficient (Wildman–Crippen LogP) is 2.82. The summed E-state index contributed by atoms with van der Waals surface area (Å²) in [6, 6.07) is 3.30. The van der Waals surface area contributed by atoms with Crippen LogP contribution < -0.4 is 10.6 Å². The van der Waals surface area contributed by atoms with E-state index in [0.29, 0.717) is 6.54 Å². The lowest BCUT2D eigenvalue weighted by Crippen LogP contribution is -2.54. The fourth-order valence-corrected chi connectivity index (χ4v) is 3.26. The summed E-state index contributed by atoms with van der Waals surface area (Å²) in [5, 5.41) is 5.61. The zero-order chi connectivity index (χ0) is 20.7. The summed E-state index contributed by atoms with van der Waals surface area (Å²) in [5.74, 6) is -1.98. The van der Waals surface area contributed by atoms with E-state index in [9.17, 15) is 18.4 Å². The Hall–Kier alpha value is -2.22. The molecule has 1 aromatic carbocycles. The van der Waals surface area contributed by atoms with Crippen molar-refractivity contribution in [2.45, 2.75) is 52.2 Å². The van der Waals surface area contributed by atoms with Crippen molar-refractivity contribution in [2.75, 3.05) is 19.7 Å². The minimum absolute atomic E-state index is 0.0129. The first-order valence-corrected chi connectivity index (χ1v) is 9.70. The summed E-state index contributed by atoms with van der Waals surface area (Å²) in [7, 11) is 0. The lowest BCUT2D eigenvalue weighted by molar-refractivity contribution is -0.125. The second-order valence-electron chi connectivity index (χ2n) is 7.39. The lowest BCUT2D eigenvalue weighted by Gasteiger charge is -2.33. The van der Waals surface area contributed by atoms with Crippen LogP contribution in [0.25, 0.3) is 0 Å². The molecule has 156 valence electrons. The molecule has 1 atom stereocenters. The van der Waals surface area contributed by atoms with E-state index < -0.39 is 23.8 Å². The quantitative estimate of drug-likeness (QED) is 0.742. The molecule has 1 aromatic rings. The first-order valence-electron chi connectivity index (χ1n) is 9.70. The highest BCUT2D eigenvalue weighted by Crippen LogP contribution is 2.16. The molecule has 1 aliphatic heterocycles. The molecule has 0 spiro atoms. The van der Waals surface area contributed by atoms with Crippen LogP contribution >= 0.6 is 0 Å². The van der Waals surface area contributed by atoms with Crippen LogP contribution in [0.1, 0.15) is 39.2 Å². The summed E-state index contributed by atoms with van der Waals surface area (Å²) < 4.78 is 31.2. The third kappa shape index (κ3) is 6.44. The van der Waals surface area contributed by atoms with Crippen molar-refractivity contribution in [3.63, 3.8) is 0 Å². The molecule has 1 heterocycles. The highest BCUT2D eigenvalue weighted by molar-refractivity contribution is 5.86. The molecule has 0 bridgehead atoms. The normalized spacial score (nSPS) is 16.6. The van der Waals surface area contributed by atoms with E-state index in [4.69, 9.17) is 4.74 Å². The summed E-state index contributed by atoms with van der Waals surface area (Å²) in [4.78, 5) is 26.4. The third-order valence-electron chi connectivity index (χ3n) is 4.82. The number of carbonyl (C=O) groups is 2. The molecule has 0 aromatic heterocycles. The number of halogens is 2. The number of benzene rings is 1. The standard InChI is InChI=1S/C20H29F2N3O3/c1-4-28-20(27)24-18(13(2)3)19(26)23-15-7-9-25(10-8-15)12-14-5-6-16(21)17(22)11-14/h5-6,11,13,15,18H,4,7-10,12H2,1-3H3,(H,23,26)(H,24,27). The Morgan fingerprint density at radius 3 is 2.46 bits per heavy atom. The van der Waals surface area contributed by atoms with E-state index in [2.05, 4.69) is 15.5 Å².